The lowest BCUT2D eigenvalue weighted by molar-refractivity contribution is -0.134. The first kappa shape index (κ1) is 36.8. The molecule has 16 heteroatoms. The van der Waals surface area contributed by atoms with Crippen LogP contribution in [0.5, 0.6) is 0 Å². The van der Waals surface area contributed by atoms with Crippen molar-refractivity contribution in [2.24, 2.45) is 5.92 Å². The normalized spacial score (nSPS) is 23.3. The molecule has 5 saturated heterocycles. The van der Waals surface area contributed by atoms with E-state index in [1.165, 1.54) is 12.8 Å². The van der Waals surface area contributed by atoms with Crippen LogP contribution >= 0.6 is 11.3 Å². The lowest BCUT2D eigenvalue weighted by Gasteiger charge is -2.43. The molecule has 0 aromatic carbocycles. The first-order valence-corrected chi connectivity index (χ1v) is 21.4. The lowest BCUT2D eigenvalue weighted by Crippen LogP contribution is -2.55. The molecule has 0 saturated carbocycles. The van der Waals surface area contributed by atoms with Crippen molar-refractivity contribution >= 4 is 45.3 Å². The van der Waals surface area contributed by atoms with Crippen LogP contribution in [0.3, 0.4) is 0 Å². The molecule has 0 spiro atoms. The Morgan fingerprint density at radius 2 is 1.72 bits per heavy atom. The zero-order chi connectivity index (χ0) is 39.2. The minimum atomic E-state index is -0.306. The first-order chi connectivity index (χ1) is 28.5. The van der Waals surface area contributed by atoms with Crippen LogP contribution in [0.15, 0.2) is 55.0 Å². The Morgan fingerprint density at radius 3 is 2.48 bits per heavy atom. The van der Waals surface area contributed by atoms with E-state index in [4.69, 9.17) is 24.9 Å². The maximum atomic E-state index is 12.3. The summed E-state index contributed by atoms with van der Waals surface area (Å²) in [4.78, 5) is 41.2. The quantitative estimate of drug-likeness (QED) is 0.194. The van der Waals surface area contributed by atoms with E-state index < -0.39 is 0 Å². The molecule has 10 rings (SSSR count). The number of piperidine rings is 2. The number of hydrogen-bond donors (Lipinski definition) is 2. The van der Waals surface area contributed by atoms with E-state index in [0.29, 0.717) is 36.4 Å². The number of fused-ring (bicyclic) bond motifs is 3. The number of imide groups is 1. The van der Waals surface area contributed by atoms with Crippen molar-refractivity contribution in [2.45, 2.75) is 75.4 Å². The Hall–Kier alpha value is -5.50. The van der Waals surface area contributed by atoms with Crippen molar-refractivity contribution in [2.75, 3.05) is 61.1 Å². The van der Waals surface area contributed by atoms with Crippen molar-refractivity contribution in [3.8, 4) is 28.0 Å². The SMILES string of the molecule is N#Cc1cnn2c(-c3cc(NC4CCOCC4)c(-c4nnc(N5CC6CCC(C5)N6CC5CCN(c6ccc([C@H]7CCC(=O)NC7=O)cn6)CC5)s4)cn3)ccc2c1. The summed E-state index contributed by atoms with van der Waals surface area (Å²) < 4.78 is 7.48. The van der Waals surface area contributed by atoms with Crippen LogP contribution in [0.4, 0.5) is 16.6 Å². The van der Waals surface area contributed by atoms with Gasteiger partial charge in [-0.25, -0.2) is 9.50 Å². The van der Waals surface area contributed by atoms with Gasteiger partial charge in [0.2, 0.25) is 16.9 Å². The molecular weight excluding hydrogens is 753 g/mol. The van der Waals surface area contributed by atoms with Gasteiger partial charge in [-0.05, 0) is 86.8 Å². The third-order valence-electron chi connectivity index (χ3n) is 12.7. The van der Waals surface area contributed by atoms with Crippen LogP contribution in [-0.4, -0.2) is 111 Å². The smallest absolute Gasteiger partial charge is 0.234 e. The minimum absolute atomic E-state index is 0.195. The predicted octanol–water partition coefficient (Wildman–Crippen LogP) is 4.86. The Morgan fingerprint density at radius 1 is 0.897 bits per heavy atom. The molecular formula is C42H46N12O3S. The number of carbonyl (C=O) groups is 2. The Bertz CT molecular complexity index is 2350. The van der Waals surface area contributed by atoms with E-state index in [2.05, 4.69) is 42.6 Å². The van der Waals surface area contributed by atoms with E-state index in [1.54, 1.807) is 17.5 Å². The molecule has 5 aromatic heterocycles. The number of pyridine rings is 2. The van der Waals surface area contributed by atoms with Gasteiger partial charge in [0.05, 0.1) is 40.1 Å². The Labute approximate surface area is 340 Å². The molecule has 0 aliphatic carbocycles. The number of carbonyl (C=O) groups excluding carboxylic acids is 2. The fourth-order valence-electron chi connectivity index (χ4n) is 9.54. The van der Waals surface area contributed by atoms with Crippen molar-refractivity contribution in [3.63, 3.8) is 0 Å². The van der Waals surface area contributed by atoms with E-state index in [-0.39, 0.29) is 23.8 Å². The highest BCUT2D eigenvalue weighted by Crippen LogP contribution is 2.40. The van der Waals surface area contributed by atoms with Crippen LogP contribution in [0.1, 0.15) is 68.4 Å². The largest absolute Gasteiger partial charge is 0.381 e. The number of aromatic nitrogens is 6. The van der Waals surface area contributed by atoms with Gasteiger partial charge < -0.3 is 19.9 Å². The van der Waals surface area contributed by atoms with Crippen LogP contribution in [0.2, 0.25) is 0 Å². The van der Waals surface area contributed by atoms with Gasteiger partial charge in [0, 0.05) is 88.6 Å². The number of nitrogens with zero attached hydrogens (tertiary/aromatic N) is 10. The van der Waals surface area contributed by atoms with Crippen molar-refractivity contribution < 1.29 is 14.3 Å². The van der Waals surface area contributed by atoms with Crippen molar-refractivity contribution in [1.82, 2.24) is 40.0 Å². The van der Waals surface area contributed by atoms with Crippen LogP contribution in [0, 0.1) is 17.2 Å². The molecule has 5 aromatic rings. The summed E-state index contributed by atoms with van der Waals surface area (Å²) in [6.07, 6.45) is 12.7. The molecule has 5 fully saturated rings. The summed E-state index contributed by atoms with van der Waals surface area (Å²) >= 11 is 1.64. The molecule has 0 radical (unpaired) electrons. The minimum Gasteiger partial charge on any atom is -0.381 e. The summed E-state index contributed by atoms with van der Waals surface area (Å²) in [5.41, 5.74) is 5.79. The maximum Gasteiger partial charge on any atom is 0.234 e. The van der Waals surface area contributed by atoms with Crippen molar-refractivity contribution in [1.29, 1.82) is 5.26 Å². The second-order valence-corrected chi connectivity index (χ2v) is 17.3. The predicted molar refractivity (Wildman–Crippen MR) is 220 cm³/mol. The van der Waals surface area contributed by atoms with Gasteiger partial charge in [0.25, 0.3) is 0 Å². The number of hydrogen-bond acceptors (Lipinski definition) is 14. The molecule has 298 valence electrons. The van der Waals surface area contributed by atoms with Gasteiger partial charge in [-0.3, -0.25) is 24.8 Å². The van der Waals surface area contributed by atoms with E-state index >= 15 is 0 Å². The molecule has 5 aliphatic heterocycles. The highest BCUT2D eigenvalue weighted by atomic mass is 32.1. The van der Waals surface area contributed by atoms with Crippen LogP contribution < -0.4 is 20.4 Å². The second-order valence-electron chi connectivity index (χ2n) is 16.3. The maximum absolute atomic E-state index is 12.3. The molecule has 2 bridgehead atoms. The average Bonchev–Trinajstić information content (AvgIpc) is 3.97. The molecule has 5 aliphatic rings. The fraction of sp³-hybridized carbons (Fsp3) is 0.476. The van der Waals surface area contributed by atoms with E-state index in [1.807, 2.05) is 47.2 Å². The molecule has 3 atom stereocenters. The summed E-state index contributed by atoms with van der Waals surface area (Å²) in [6.45, 7) is 6.46. The van der Waals surface area contributed by atoms with Gasteiger partial charge in [0.15, 0.2) is 5.01 Å². The van der Waals surface area contributed by atoms with Gasteiger partial charge in [0.1, 0.15) is 11.9 Å². The first-order valence-electron chi connectivity index (χ1n) is 20.6. The van der Waals surface area contributed by atoms with Gasteiger partial charge >= 0.3 is 0 Å². The van der Waals surface area contributed by atoms with Crippen LogP contribution in [0.25, 0.3) is 27.5 Å². The monoisotopic (exact) mass is 798 g/mol. The average molecular weight is 799 g/mol. The molecule has 2 amide bonds. The van der Waals surface area contributed by atoms with Crippen LogP contribution in [-0.2, 0) is 14.3 Å². The van der Waals surface area contributed by atoms with Crippen molar-refractivity contribution in [3.05, 3.63) is 66.1 Å². The number of nitrogens with one attached hydrogen (secondary N) is 2. The van der Waals surface area contributed by atoms with Gasteiger partial charge in [-0.2, -0.15) is 10.4 Å². The number of anilines is 3. The Kier molecular flexibility index (Phi) is 9.96. The highest BCUT2D eigenvalue weighted by Gasteiger charge is 2.42. The van der Waals surface area contributed by atoms with Gasteiger partial charge in [-0.1, -0.05) is 17.4 Å². The molecule has 2 N–H and O–H groups in total. The highest BCUT2D eigenvalue weighted by molar-refractivity contribution is 7.18. The zero-order valence-corrected chi connectivity index (χ0v) is 33.1. The summed E-state index contributed by atoms with van der Waals surface area (Å²) in [7, 11) is 0. The Balaban J connectivity index is 0.790. The number of nitriles is 1. The summed E-state index contributed by atoms with van der Waals surface area (Å²) in [5.74, 6) is 0.884. The zero-order valence-electron chi connectivity index (χ0n) is 32.3. The molecule has 15 nitrogen and oxygen atoms in total. The third kappa shape index (κ3) is 7.27. The van der Waals surface area contributed by atoms with E-state index in [9.17, 15) is 14.9 Å². The van der Waals surface area contributed by atoms with Gasteiger partial charge in [-0.15, -0.1) is 10.2 Å². The topological polar surface area (TPSA) is 170 Å². The summed E-state index contributed by atoms with van der Waals surface area (Å²) in [5, 5.41) is 31.5. The second kappa shape index (κ2) is 15.7. The molecule has 58 heavy (non-hydrogen) atoms. The summed E-state index contributed by atoms with van der Waals surface area (Å²) in [6, 6.07) is 15.4. The lowest BCUT2D eigenvalue weighted by atomic mass is 9.91. The molecule has 2 unspecified atom stereocenters. The number of ether oxygens (including phenoxy) is 1. The number of piperazine rings is 1. The third-order valence-corrected chi connectivity index (χ3v) is 13.8. The standard InChI is InChI=1S/C42H46N12O3S/c43-19-27-17-30-4-6-37(54(30)46-20-27)36-18-35(47-29-11-15-57-16-12-29)34(22-44-36)41-49-50-42(58-41)52-24-31-2-3-32(25-52)53(31)23-26-9-13-51(14-10-26)38-7-1-28(21-45-38)33-5-8-39(55)48-40(33)56/h1,4,6-7,17-18,20-22,26,29,31-33H,2-3,5,8-16,23-25H2,(H,44,47)(H,48,55,56)/t31?,32?,33-/m1/s1. The fourth-order valence-corrected chi connectivity index (χ4v) is 10.4. The number of rotatable bonds is 9. The number of amides is 2. The molecule has 10 heterocycles. The van der Waals surface area contributed by atoms with E-state index in [0.717, 1.165) is 121 Å².